The quantitative estimate of drug-likeness (QED) is 0.733. The number of pyridine rings is 1. The molecule has 0 bridgehead atoms. The zero-order valence-electron chi connectivity index (χ0n) is 17.4. The van der Waals surface area contributed by atoms with Gasteiger partial charge in [0.15, 0.2) is 0 Å². The fourth-order valence-electron chi connectivity index (χ4n) is 4.52. The highest BCUT2D eigenvalue weighted by Gasteiger charge is 2.34. The molecule has 7 heteroatoms. The lowest BCUT2D eigenvalue weighted by Crippen LogP contribution is -2.35. The van der Waals surface area contributed by atoms with Crippen LogP contribution >= 0.6 is 0 Å². The van der Waals surface area contributed by atoms with E-state index in [1.165, 1.54) is 0 Å². The molecule has 2 atom stereocenters. The van der Waals surface area contributed by atoms with Crippen molar-refractivity contribution in [3.8, 4) is 0 Å². The molecule has 160 valence electrons. The van der Waals surface area contributed by atoms with Crippen molar-refractivity contribution in [3.05, 3.63) is 59.9 Å². The standard InChI is InChI=1S/C23H29N3O3S/c1-18-14-22(20-6-5-11-24-16-20)26(17-18)23(27)15-19-7-9-21(10-8-19)30(28,29)25-12-3-2-4-13-25/h5-11,16,18,22H,2-4,12-15,17H2,1H3/t18-,22+/m1/s1. The second-order valence-corrected chi connectivity index (χ2v) is 10.4. The highest BCUT2D eigenvalue weighted by atomic mass is 32.2. The van der Waals surface area contributed by atoms with Crippen LogP contribution in [0.3, 0.4) is 0 Å². The van der Waals surface area contributed by atoms with Gasteiger partial charge in [0.25, 0.3) is 0 Å². The first-order chi connectivity index (χ1) is 14.4. The lowest BCUT2D eigenvalue weighted by atomic mass is 10.0. The van der Waals surface area contributed by atoms with Gasteiger partial charge in [0.05, 0.1) is 17.4 Å². The monoisotopic (exact) mass is 427 g/mol. The smallest absolute Gasteiger partial charge is 0.243 e. The van der Waals surface area contributed by atoms with E-state index >= 15 is 0 Å². The Morgan fingerprint density at radius 3 is 2.50 bits per heavy atom. The molecule has 4 rings (SSSR count). The molecule has 3 heterocycles. The molecule has 1 aromatic carbocycles. The van der Waals surface area contributed by atoms with Crippen LogP contribution in [-0.4, -0.2) is 48.1 Å². The lowest BCUT2D eigenvalue weighted by Gasteiger charge is -2.26. The Morgan fingerprint density at radius 2 is 1.83 bits per heavy atom. The average Bonchev–Trinajstić information content (AvgIpc) is 3.17. The molecule has 0 aliphatic carbocycles. The molecule has 0 N–H and O–H groups in total. The Morgan fingerprint density at radius 1 is 1.10 bits per heavy atom. The van der Waals surface area contributed by atoms with Crippen molar-refractivity contribution in [2.45, 2.75) is 50.0 Å². The van der Waals surface area contributed by atoms with Gasteiger partial charge >= 0.3 is 0 Å². The fraction of sp³-hybridized carbons (Fsp3) is 0.478. The van der Waals surface area contributed by atoms with Crippen LogP contribution in [0.2, 0.25) is 0 Å². The van der Waals surface area contributed by atoms with Crippen LogP contribution in [0.1, 0.15) is 49.8 Å². The van der Waals surface area contributed by atoms with Gasteiger partial charge in [-0.15, -0.1) is 0 Å². The molecule has 6 nitrogen and oxygen atoms in total. The summed E-state index contributed by atoms with van der Waals surface area (Å²) < 4.78 is 27.2. The van der Waals surface area contributed by atoms with Gasteiger partial charge in [-0.1, -0.05) is 31.5 Å². The van der Waals surface area contributed by atoms with E-state index in [-0.39, 0.29) is 18.4 Å². The molecule has 2 saturated heterocycles. The second-order valence-electron chi connectivity index (χ2n) is 8.47. The Hall–Kier alpha value is -2.25. The normalized spacial score (nSPS) is 22.9. The highest BCUT2D eigenvalue weighted by molar-refractivity contribution is 7.89. The molecule has 2 aliphatic rings. The largest absolute Gasteiger partial charge is 0.335 e. The van der Waals surface area contributed by atoms with Gasteiger partial charge in [0.2, 0.25) is 15.9 Å². The van der Waals surface area contributed by atoms with Crippen molar-refractivity contribution in [1.82, 2.24) is 14.2 Å². The lowest BCUT2D eigenvalue weighted by molar-refractivity contribution is -0.131. The Kier molecular flexibility index (Phi) is 6.20. The molecule has 30 heavy (non-hydrogen) atoms. The average molecular weight is 428 g/mol. The van der Waals surface area contributed by atoms with Crippen molar-refractivity contribution in [3.63, 3.8) is 0 Å². The minimum atomic E-state index is -3.44. The number of hydrogen-bond acceptors (Lipinski definition) is 4. The van der Waals surface area contributed by atoms with E-state index in [0.29, 0.717) is 23.9 Å². The molecule has 0 saturated carbocycles. The topological polar surface area (TPSA) is 70.6 Å². The highest BCUT2D eigenvalue weighted by Crippen LogP contribution is 2.35. The first kappa shape index (κ1) is 21.0. The molecule has 0 radical (unpaired) electrons. The first-order valence-electron chi connectivity index (χ1n) is 10.7. The fourth-order valence-corrected chi connectivity index (χ4v) is 6.04. The van der Waals surface area contributed by atoms with Gasteiger partial charge in [0, 0.05) is 32.0 Å². The molecule has 2 aromatic rings. The van der Waals surface area contributed by atoms with E-state index < -0.39 is 10.0 Å². The molecular formula is C23H29N3O3S. The number of nitrogens with zero attached hydrogens (tertiary/aromatic N) is 3. The Labute approximate surface area is 179 Å². The number of aromatic nitrogens is 1. The van der Waals surface area contributed by atoms with Crippen LogP contribution in [0.15, 0.2) is 53.7 Å². The third-order valence-electron chi connectivity index (χ3n) is 6.13. The van der Waals surface area contributed by atoms with Crippen LogP contribution in [-0.2, 0) is 21.2 Å². The number of benzene rings is 1. The molecule has 0 unspecified atom stereocenters. The Bertz CT molecular complexity index is 971. The van der Waals surface area contributed by atoms with Gasteiger partial charge in [-0.25, -0.2) is 8.42 Å². The van der Waals surface area contributed by atoms with Gasteiger partial charge in [-0.05, 0) is 54.5 Å². The maximum Gasteiger partial charge on any atom is 0.243 e. The maximum atomic E-state index is 13.1. The number of carbonyl (C=O) groups is 1. The first-order valence-corrected chi connectivity index (χ1v) is 12.2. The summed E-state index contributed by atoms with van der Waals surface area (Å²) in [5, 5.41) is 0. The Balaban J connectivity index is 1.46. The minimum Gasteiger partial charge on any atom is -0.335 e. The van der Waals surface area contributed by atoms with Gasteiger partial charge in [0.1, 0.15) is 0 Å². The summed E-state index contributed by atoms with van der Waals surface area (Å²) in [6.07, 6.45) is 7.70. The molecule has 1 amide bonds. The number of carbonyl (C=O) groups excluding carboxylic acids is 1. The van der Waals surface area contributed by atoms with Crippen molar-refractivity contribution < 1.29 is 13.2 Å². The van der Waals surface area contributed by atoms with Crippen LogP contribution in [0.5, 0.6) is 0 Å². The molecule has 2 fully saturated rings. The summed E-state index contributed by atoms with van der Waals surface area (Å²) in [6.45, 7) is 4.08. The molecular weight excluding hydrogens is 398 g/mol. The predicted octanol–water partition coefficient (Wildman–Crippen LogP) is 3.41. The van der Waals surface area contributed by atoms with Crippen LogP contribution in [0.4, 0.5) is 0 Å². The number of hydrogen-bond donors (Lipinski definition) is 0. The van der Waals surface area contributed by atoms with E-state index in [0.717, 1.165) is 43.4 Å². The number of rotatable bonds is 5. The minimum absolute atomic E-state index is 0.0555. The van der Waals surface area contributed by atoms with Crippen LogP contribution in [0.25, 0.3) is 0 Å². The number of amides is 1. The third kappa shape index (κ3) is 4.42. The van der Waals surface area contributed by atoms with E-state index in [2.05, 4.69) is 11.9 Å². The van der Waals surface area contributed by atoms with Crippen molar-refractivity contribution >= 4 is 15.9 Å². The van der Waals surface area contributed by atoms with Gasteiger partial charge in [-0.3, -0.25) is 9.78 Å². The van der Waals surface area contributed by atoms with Crippen LogP contribution in [0, 0.1) is 5.92 Å². The van der Waals surface area contributed by atoms with Crippen molar-refractivity contribution in [1.29, 1.82) is 0 Å². The van der Waals surface area contributed by atoms with Gasteiger partial charge in [-0.2, -0.15) is 4.31 Å². The summed E-state index contributed by atoms with van der Waals surface area (Å²) >= 11 is 0. The SMILES string of the molecule is C[C@@H]1C[C@@H](c2cccnc2)N(C(=O)Cc2ccc(S(=O)(=O)N3CCCCC3)cc2)C1. The zero-order chi connectivity index (χ0) is 21.1. The molecule has 2 aliphatic heterocycles. The summed E-state index contributed by atoms with van der Waals surface area (Å²) in [5.74, 6) is 0.510. The van der Waals surface area contributed by atoms with E-state index in [1.807, 2.05) is 23.2 Å². The van der Waals surface area contributed by atoms with E-state index in [9.17, 15) is 13.2 Å². The summed E-state index contributed by atoms with van der Waals surface area (Å²) in [4.78, 5) is 19.5. The number of likely N-dealkylation sites (tertiary alicyclic amines) is 1. The van der Waals surface area contributed by atoms with E-state index in [1.54, 1.807) is 34.8 Å². The predicted molar refractivity (Wildman–Crippen MR) is 115 cm³/mol. The maximum absolute atomic E-state index is 13.1. The van der Waals surface area contributed by atoms with Crippen molar-refractivity contribution in [2.75, 3.05) is 19.6 Å². The van der Waals surface area contributed by atoms with Gasteiger partial charge < -0.3 is 4.90 Å². The molecule has 1 aromatic heterocycles. The third-order valence-corrected chi connectivity index (χ3v) is 8.04. The van der Waals surface area contributed by atoms with Crippen molar-refractivity contribution in [2.24, 2.45) is 5.92 Å². The summed E-state index contributed by atoms with van der Waals surface area (Å²) in [6, 6.07) is 10.8. The number of piperidine rings is 1. The molecule has 0 spiro atoms. The number of sulfonamides is 1. The van der Waals surface area contributed by atoms with Crippen LogP contribution < -0.4 is 0 Å². The summed E-state index contributed by atoms with van der Waals surface area (Å²) in [7, 11) is -3.44. The van der Waals surface area contributed by atoms with E-state index in [4.69, 9.17) is 0 Å². The second kappa shape index (κ2) is 8.86. The summed E-state index contributed by atoms with van der Waals surface area (Å²) in [5.41, 5.74) is 1.90. The zero-order valence-corrected chi connectivity index (χ0v) is 18.2.